The second-order valence-electron chi connectivity index (χ2n) is 8.72. The predicted molar refractivity (Wildman–Crippen MR) is 121 cm³/mol. The van der Waals surface area contributed by atoms with Crippen LogP contribution < -0.4 is 4.74 Å². The van der Waals surface area contributed by atoms with Gasteiger partial charge in [-0.2, -0.15) is 0 Å². The molecular weight excluding hydrogens is 424 g/mol. The Morgan fingerprint density at radius 3 is 2.73 bits per heavy atom. The van der Waals surface area contributed by atoms with Crippen LogP contribution in [0.2, 0.25) is 0 Å². The molecule has 3 heterocycles. The number of furan rings is 1. The van der Waals surface area contributed by atoms with Crippen LogP contribution in [0.25, 0.3) is 0 Å². The van der Waals surface area contributed by atoms with Gasteiger partial charge in [0.05, 0.1) is 31.1 Å². The smallest absolute Gasteiger partial charge is 0.259 e. The van der Waals surface area contributed by atoms with Crippen LogP contribution >= 0.6 is 0 Å². The summed E-state index contributed by atoms with van der Waals surface area (Å²) in [7, 11) is 0. The maximum atomic E-state index is 14.2. The normalized spacial score (nSPS) is 25.5. The number of carbonyl (C=O) groups excluding carboxylic acids is 2. The van der Waals surface area contributed by atoms with Crippen molar-refractivity contribution in [3.63, 3.8) is 0 Å². The molecule has 0 radical (unpaired) electrons. The highest BCUT2D eigenvalue weighted by Gasteiger charge is 2.60. The minimum absolute atomic E-state index is 0.145. The zero-order chi connectivity index (χ0) is 23.4. The van der Waals surface area contributed by atoms with E-state index in [4.69, 9.17) is 9.15 Å². The molecule has 2 N–H and O–H groups in total. The third-order valence-electron chi connectivity index (χ3n) is 6.81. The van der Waals surface area contributed by atoms with E-state index in [0.29, 0.717) is 43.1 Å². The molecule has 0 unspecified atom stereocenters. The first-order chi connectivity index (χ1) is 16.1. The summed E-state index contributed by atoms with van der Waals surface area (Å²) in [6.07, 6.45) is 3.91. The van der Waals surface area contributed by atoms with Gasteiger partial charge in [-0.1, -0.05) is 12.1 Å². The van der Waals surface area contributed by atoms with Crippen molar-refractivity contribution >= 4 is 11.8 Å². The Bertz CT molecular complexity index is 962. The van der Waals surface area contributed by atoms with E-state index < -0.39 is 11.6 Å². The van der Waals surface area contributed by atoms with Gasteiger partial charge in [0.15, 0.2) is 0 Å². The van der Waals surface area contributed by atoms with E-state index in [1.54, 1.807) is 46.4 Å². The Morgan fingerprint density at radius 2 is 2.03 bits per heavy atom. The minimum Gasteiger partial charge on any atom is -0.493 e. The molecule has 4 rings (SSSR count). The molecule has 8 heteroatoms. The number of rotatable bonds is 7. The second kappa shape index (κ2) is 9.97. The molecule has 2 amide bonds. The quantitative estimate of drug-likeness (QED) is 0.664. The predicted octanol–water partition coefficient (Wildman–Crippen LogP) is 2.62. The van der Waals surface area contributed by atoms with E-state index in [9.17, 15) is 19.8 Å². The molecule has 0 saturated carbocycles. The Morgan fingerprint density at radius 1 is 1.21 bits per heavy atom. The second-order valence-corrected chi connectivity index (χ2v) is 8.72. The highest BCUT2D eigenvalue weighted by molar-refractivity contribution is 6.02. The molecule has 2 fully saturated rings. The number of ether oxygens (including phenoxy) is 1. The van der Waals surface area contributed by atoms with Gasteiger partial charge in [-0.3, -0.25) is 9.59 Å². The molecule has 1 aromatic heterocycles. The van der Waals surface area contributed by atoms with Gasteiger partial charge >= 0.3 is 0 Å². The number of aliphatic hydroxyl groups is 2. The van der Waals surface area contributed by atoms with Crippen molar-refractivity contribution in [2.45, 2.75) is 44.2 Å². The number of carbonyl (C=O) groups is 2. The van der Waals surface area contributed by atoms with Gasteiger partial charge in [-0.25, -0.2) is 0 Å². The molecule has 2 aromatic rings. The zero-order valence-corrected chi connectivity index (χ0v) is 19.0. The van der Waals surface area contributed by atoms with E-state index in [2.05, 4.69) is 0 Å². The summed E-state index contributed by atoms with van der Waals surface area (Å²) >= 11 is 0. The lowest BCUT2D eigenvalue weighted by atomic mass is 9.86. The van der Waals surface area contributed by atoms with E-state index in [1.807, 2.05) is 13.0 Å². The largest absolute Gasteiger partial charge is 0.493 e. The number of β-amino-alcohol motifs (C(OH)–C–C–N with tert-alkyl or cyclic N) is 1. The number of likely N-dealkylation sites (tertiary alicyclic amines) is 2. The monoisotopic (exact) mass is 456 g/mol. The Balaban J connectivity index is 1.87. The number of nitrogens with zero attached hydrogens (tertiary/aromatic N) is 2. The molecule has 3 atom stereocenters. The highest BCUT2D eigenvalue weighted by atomic mass is 16.5. The maximum Gasteiger partial charge on any atom is 0.259 e. The van der Waals surface area contributed by atoms with Crippen LogP contribution in [0.3, 0.4) is 0 Å². The average molecular weight is 457 g/mol. The van der Waals surface area contributed by atoms with Crippen LogP contribution in [0.15, 0.2) is 47.1 Å². The first kappa shape index (κ1) is 23.3. The molecule has 8 nitrogen and oxygen atoms in total. The summed E-state index contributed by atoms with van der Waals surface area (Å²) in [5, 5.41) is 19.9. The summed E-state index contributed by atoms with van der Waals surface area (Å²) in [6.45, 7) is 2.68. The first-order valence-electron chi connectivity index (χ1n) is 11.7. The van der Waals surface area contributed by atoms with Crippen molar-refractivity contribution in [1.29, 1.82) is 0 Å². The molecule has 0 aliphatic carbocycles. The van der Waals surface area contributed by atoms with E-state index >= 15 is 0 Å². The lowest BCUT2D eigenvalue weighted by Crippen LogP contribution is -2.58. The van der Waals surface area contributed by atoms with E-state index in [1.165, 1.54) is 0 Å². The summed E-state index contributed by atoms with van der Waals surface area (Å²) in [4.78, 5) is 31.5. The third kappa shape index (κ3) is 4.13. The fourth-order valence-electron chi connectivity index (χ4n) is 5.45. The van der Waals surface area contributed by atoms with Gasteiger partial charge in [0.2, 0.25) is 5.91 Å². The van der Waals surface area contributed by atoms with Crippen molar-refractivity contribution in [2.24, 2.45) is 5.92 Å². The molecule has 0 bridgehead atoms. The molecule has 2 aliphatic rings. The van der Waals surface area contributed by atoms with Crippen molar-refractivity contribution < 1.29 is 29.0 Å². The fraction of sp³-hybridized carbons (Fsp3) is 0.520. The van der Waals surface area contributed by atoms with Gasteiger partial charge in [0, 0.05) is 25.6 Å². The van der Waals surface area contributed by atoms with Crippen molar-refractivity contribution in [1.82, 2.24) is 9.80 Å². The number of aliphatic hydroxyl groups excluding tert-OH is 2. The van der Waals surface area contributed by atoms with Gasteiger partial charge in [0.25, 0.3) is 5.91 Å². The van der Waals surface area contributed by atoms with E-state index in [0.717, 1.165) is 12.8 Å². The number of amides is 2. The molecule has 1 aromatic carbocycles. The van der Waals surface area contributed by atoms with Crippen molar-refractivity contribution in [3.05, 3.63) is 54.0 Å². The SMILES string of the molecule is CCOc1ccccc1C(=O)N1[C@@H](c2ccco2)[C@@H](CO)C[C@]12CCCCN(CCO)C2=O. The van der Waals surface area contributed by atoms with Crippen LogP contribution in [0.1, 0.15) is 54.8 Å². The number of para-hydroxylation sites is 1. The van der Waals surface area contributed by atoms with Gasteiger partial charge in [-0.05, 0) is 56.9 Å². The van der Waals surface area contributed by atoms with Crippen molar-refractivity contribution in [2.75, 3.05) is 32.9 Å². The standard InChI is InChI=1S/C25H32N2O6/c1-2-32-20-9-4-3-8-19(20)23(30)27-22(21-10-7-15-33-21)18(17-29)16-25(27)11-5-6-12-26(13-14-28)24(25)31/h3-4,7-10,15,18,22,28-29H,2,5-6,11-14,16-17H2,1H3/t18-,22-,25+/m1/s1. The third-order valence-corrected chi connectivity index (χ3v) is 6.81. The minimum atomic E-state index is -1.13. The molecule has 178 valence electrons. The summed E-state index contributed by atoms with van der Waals surface area (Å²) in [6, 6.07) is 9.98. The molecule has 2 saturated heterocycles. The lowest BCUT2D eigenvalue weighted by Gasteiger charge is -2.41. The fourth-order valence-corrected chi connectivity index (χ4v) is 5.45. The van der Waals surface area contributed by atoms with Crippen LogP contribution in [-0.4, -0.2) is 70.3 Å². The van der Waals surface area contributed by atoms with Crippen LogP contribution in [0.4, 0.5) is 0 Å². The van der Waals surface area contributed by atoms with Gasteiger partial charge < -0.3 is 29.2 Å². The topological polar surface area (TPSA) is 103 Å². The van der Waals surface area contributed by atoms with Crippen molar-refractivity contribution in [3.8, 4) is 5.75 Å². The molecule has 33 heavy (non-hydrogen) atoms. The summed E-state index contributed by atoms with van der Waals surface area (Å²) < 4.78 is 11.5. The van der Waals surface area contributed by atoms with Gasteiger partial charge in [0.1, 0.15) is 17.0 Å². The number of benzene rings is 1. The Hall–Kier alpha value is -2.84. The van der Waals surface area contributed by atoms with E-state index in [-0.39, 0.29) is 37.5 Å². The highest BCUT2D eigenvalue weighted by Crippen LogP contribution is 2.51. The van der Waals surface area contributed by atoms with Crippen LogP contribution in [0, 0.1) is 5.92 Å². The zero-order valence-electron chi connectivity index (χ0n) is 19.0. The molecule has 2 aliphatic heterocycles. The Labute approximate surface area is 193 Å². The van der Waals surface area contributed by atoms with Gasteiger partial charge in [-0.15, -0.1) is 0 Å². The summed E-state index contributed by atoms with van der Waals surface area (Å²) in [5.74, 6) is 0.134. The average Bonchev–Trinajstić information content (AvgIpc) is 3.43. The van der Waals surface area contributed by atoms with Crippen LogP contribution in [-0.2, 0) is 4.79 Å². The molecule has 1 spiro atoms. The maximum absolute atomic E-state index is 14.2. The summed E-state index contributed by atoms with van der Waals surface area (Å²) in [5.41, 5.74) is -0.757. The number of hydrogen-bond acceptors (Lipinski definition) is 6. The number of hydrogen-bond donors (Lipinski definition) is 2. The lowest BCUT2D eigenvalue weighted by molar-refractivity contribution is -0.142. The Kier molecular flexibility index (Phi) is 7.05. The first-order valence-corrected chi connectivity index (χ1v) is 11.7. The van der Waals surface area contributed by atoms with Crippen LogP contribution in [0.5, 0.6) is 5.75 Å². The molecular formula is C25H32N2O6.